The quantitative estimate of drug-likeness (QED) is 0.588. The van der Waals surface area contributed by atoms with Crippen molar-refractivity contribution in [1.82, 2.24) is 15.0 Å². The van der Waals surface area contributed by atoms with Gasteiger partial charge in [-0.05, 0) is 24.3 Å². The summed E-state index contributed by atoms with van der Waals surface area (Å²) in [5.74, 6) is 1.48. The van der Waals surface area contributed by atoms with Crippen molar-refractivity contribution in [2.24, 2.45) is 0 Å². The molecule has 2 heterocycles. The molecular weight excluding hydrogens is 323 g/mol. The van der Waals surface area contributed by atoms with Crippen molar-refractivity contribution in [3.8, 4) is 11.5 Å². The molecule has 0 spiro atoms. The van der Waals surface area contributed by atoms with E-state index in [9.17, 15) is 4.39 Å². The molecule has 0 atom stereocenters. The standard InChI is InChI=1S/C18H15FN4O2/c1-24-14-7-12-13(8-15(14)25-2)23-17-16(12)20-9-21-18(17)22-11-5-3-4-10(19)6-11/h3-9,23H,1-2H3,(H,20,21,22). The highest BCUT2D eigenvalue weighted by Crippen LogP contribution is 2.36. The van der Waals surface area contributed by atoms with Gasteiger partial charge in [-0.2, -0.15) is 0 Å². The first-order valence-corrected chi connectivity index (χ1v) is 7.60. The molecule has 7 heteroatoms. The Morgan fingerprint density at radius 2 is 1.84 bits per heavy atom. The number of fused-ring (bicyclic) bond motifs is 3. The van der Waals surface area contributed by atoms with E-state index < -0.39 is 0 Å². The molecule has 126 valence electrons. The van der Waals surface area contributed by atoms with Crippen LogP contribution in [0.5, 0.6) is 11.5 Å². The average Bonchev–Trinajstić information content (AvgIpc) is 2.99. The minimum Gasteiger partial charge on any atom is -0.493 e. The lowest BCUT2D eigenvalue weighted by atomic mass is 10.2. The summed E-state index contributed by atoms with van der Waals surface area (Å²) in [6.07, 6.45) is 1.47. The van der Waals surface area contributed by atoms with E-state index in [2.05, 4.69) is 20.3 Å². The number of nitrogens with zero attached hydrogens (tertiary/aromatic N) is 2. The zero-order valence-electron chi connectivity index (χ0n) is 13.6. The second-order valence-electron chi connectivity index (χ2n) is 5.46. The van der Waals surface area contributed by atoms with Crippen molar-refractivity contribution >= 4 is 33.4 Å². The van der Waals surface area contributed by atoms with Crippen LogP contribution in [0.2, 0.25) is 0 Å². The van der Waals surface area contributed by atoms with E-state index in [1.54, 1.807) is 26.4 Å². The third-order valence-electron chi connectivity index (χ3n) is 3.97. The lowest BCUT2D eigenvalue weighted by Crippen LogP contribution is -1.95. The van der Waals surface area contributed by atoms with E-state index in [0.717, 1.165) is 21.9 Å². The molecule has 0 radical (unpaired) electrons. The Hall–Kier alpha value is -3.35. The van der Waals surface area contributed by atoms with Crippen LogP contribution in [0.3, 0.4) is 0 Å². The molecule has 2 N–H and O–H groups in total. The smallest absolute Gasteiger partial charge is 0.162 e. The molecule has 0 aliphatic heterocycles. The summed E-state index contributed by atoms with van der Waals surface area (Å²) < 4.78 is 24.1. The van der Waals surface area contributed by atoms with Gasteiger partial charge in [0.1, 0.15) is 23.2 Å². The van der Waals surface area contributed by atoms with E-state index in [1.165, 1.54) is 18.5 Å². The fourth-order valence-corrected chi connectivity index (χ4v) is 2.82. The van der Waals surface area contributed by atoms with Crippen LogP contribution in [0.4, 0.5) is 15.9 Å². The van der Waals surface area contributed by atoms with Gasteiger partial charge in [0.25, 0.3) is 0 Å². The zero-order chi connectivity index (χ0) is 17.4. The third kappa shape index (κ3) is 2.59. The number of halogens is 1. The van der Waals surface area contributed by atoms with Gasteiger partial charge >= 0.3 is 0 Å². The van der Waals surface area contributed by atoms with E-state index in [1.807, 2.05) is 12.1 Å². The number of hydrogen-bond donors (Lipinski definition) is 2. The van der Waals surface area contributed by atoms with Crippen LogP contribution in [0, 0.1) is 5.82 Å². The number of aromatic nitrogens is 3. The molecule has 25 heavy (non-hydrogen) atoms. The number of aromatic amines is 1. The van der Waals surface area contributed by atoms with Gasteiger partial charge in [0.2, 0.25) is 0 Å². The molecule has 4 aromatic rings. The van der Waals surface area contributed by atoms with Crippen LogP contribution in [0.1, 0.15) is 0 Å². The molecule has 0 amide bonds. The molecule has 0 aliphatic carbocycles. The van der Waals surface area contributed by atoms with E-state index in [4.69, 9.17) is 9.47 Å². The van der Waals surface area contributed by atoms with E-state index >= 15 is 0 Å². The Balaban J connectivity index is 1.89. The Bertz CT molecular complexity index is 1080. The number of ether oxygens (including phenoxy) is 2. The van der Waals surface area contributed by atoms with Crippen molar-refractivity contribution in [1.29, 1.82) is 0 Å². The van der Waals surface area contributed by atoms with Crippen molar-refractivity contribution in [2.75, 3.05) is 19.5 Å². The zero-order valence-corrected chi connectivity index (χ0v) is 13.6. The van der Waals surface area contributed by atoms with Crippen molar-refractivity contribution in [3.63, 3.8) is 0 Å². The lowest BCUT2D eigenvalue weighted by Gasteiger charge is -2.06. The molecule has 0 saturated heterocycles. The third-order valence-corrected chi connectivity index (χ3v) is 3.97. The maximum absolute atomic E-state index is 13.4. The molecule has 0 saturated carbocycles. The molecule has 0 unspecified atom stereocenters. The lowest BCUT2D eigenvalue weighted by molar-refractivity contribution is 0.356. The van der Waals surface area contributed by atoms with Gasteiger partial charge in [-0.3, -0.25) is 0 Å². The average molecular weight is 338 g/mol. The Labute approximate surface area is 142 Å². The molecule has 0 aliphatic rings. The van der Waals surface area contributed by atoms with Crippen LogP contribution in [-0.2, 0) is 0 Å². The van der Waals surface area contributed by atoms with Crippen molar-refractivity contribution in [2.45, 2.75) is 0 Å². The largest absolute Gasteiger partial charge is 0.493 e. The highest BCUT2D eigenvalue weighted by Gasteiger charge is 2.14. The molecule has 0 fully saturated rings. The number of H-pyrrole nitrogens is 1. The number of nitrogens with one attached hydrogen (secondary N) is 2. The first-order chi connectivity index (χ1) is 12.2. The highest BCUT2D eigenvalue weighted by molar-refractivity contribution is 6.09. The first kappa shape index (κ1) is 15.2. The van der Waals surface area contributed by atoms with Gasteiger partial charge < -0.3 is 19.8 Å². The Morgan fingerprint density at radius 1 is 1.04 bits per heavy atom. The summed E-state index contributed by atoms with van der Waals surface area (Å²) in [4.78, 5) is 11.9. The Morgan fingerprint density at radius 3 is 2.60 bits per heavy atom. The van der Waals surface area contributed by atoms with Gasteiger partial charge in [0.15, 0.2) is 17.3 Å². The second-order valence-corrected chi connectivity index (χ2v) is 5.46. The molecule has 0 bridgehead atoms. The maximum atomic E-state index is 13.4. The van der Waals surface area contributed by atoms with Crippen LogP contribution in [-0.4, -0.2) is 29.2 Å². The van der Waals surface area contributed by atoms with Gasteiger partial charge in [-0.25, -0.2) is 14.4 Å². The summed E-state index contributed by atoms with van der Waals surface area (Å²) in [6.45, 7) is 0. The molecule has 2 aromatic carbocycles. The summed E-state index contributed by atoms with van der Waals surface area (Å²) in [5, 5.41) is 4.01. The van der Waals surface area contributed by atoms with Gasteiger partial charge in [-0.1, -0.05) is 6.07 Å². The monoisotopic (exact) mass is 338 g/mol. The summed E-state index contributed by atoms with van der Waals surface area (Å²) in [7, 11) is 3.17. The fraction of sp³-hybridized carbons (Fsp3) is 0.111. The van der Waals surface area contributed by atoms with Gasteiger partial charge in [0, 0.05) is 17.1 Å². The normalized spacial score (nSPS) is 11.0. The summed E-state index contributed by atoms with van der Waals surface area (Å²) in [6, 6.07) is 9.92. The second kappa shape index (κ2) is 5.94. The SMILES string of the molecule is COc1cc2[nH]c3c(Nc4cccc(F)c4)ncnc3c2cc1OC. The molecule has 2 aromatic heterocycles. The predicted molar refractivity (Wildman–Crippen MR) is 94.2 cm³/mol. The topological polar surface area (TPSA) is 72.1 Å². The molecule has 6 nitrogen and oxygen atoms in total. The van der Waals surface area contributed by atoms with Gasteiger partial charge in [0.05, 0.1) is 19.7 Å². The molecular formula is C18H15FN4O2. The minimum absolute atomic E-state index is 0.318. The number of rotatable bonds is 4. The Kier molecular flexibility index (Phi) is 3.61. The summed E-state index contributed by atoms with van der Waals surface area (Å²) in [5.41, 5.74) is 2.91. The van der Waals surface area contributed by atoms with Crippen LogP contribution in [0.15, 0.2) is 42.7 Å². The van der Waals surface area contributed by atoms with E-state index in [-0.39, 0.29) is 5.82 Å². The summed E-state index contributed by atoms with van der Waals surface area (Å²) >= 11 is 0. The number of benzene rings is 2. The van der Waals surface area contributed by atoms with Crippen LogP contribution >= 0.6 is 0 Å². The predicted octanol–water partition coefficient (Wildman–Crippen LogP) is 4.01. The first-order valence-electron chi connectivity index (χ1n) is 7.60. The van der Waals surface area contributed by atoms with Gasteiger partial charge in [-0.15, -0.1) is 0 Å². The fourth-order valence-electron chi connectivity index (χ4n) is 2.82. The number of anilines is 2. The van der Waals surface area contributed by atoms with E-state index in [0.29, 0.717) is 23.0 Å². The molecule has 4 rings (SSSR count). The minimum atomic E-state index is -0.318. The van der Waals surface area contributed by atoms with Crippen molar-refractivity contribution < 1.29 is 13.9 Å². The number of hydrogen-bond acceptors (Lipinski definition) is 5. The maximum Gasteiger partial charge on any atom is 0.162 e. The highest BCUT2D eigenvalue weighted by atomic mass is 19.1. The van der Waals surface area contributed by atoms with Crippen LogP contribution < -0.4 is 14.8 Å². The number of methoxy groups -OCH3 is 2. The van der Waals surface area contributed by atoms with Crippen LogP contribution in [0.25, 0.3) is 21.9 Å². The van der Waals surface area contributed by atoms with Crippen molar-refractivity contribution in [3.05, 3.63) is 48.5 Å².